The first-order valence-corrected chi connectivity index (χ1v) is 6.89. The van der Waals surface area contributed by atoms with Crippen LogP contribution in [0.3, 0.4) is 0 Å². The highest BCUT2D eigenvalue weighted by atomic mass is 14.0. The summed E-state index contributed by atoms with van der Waals surface area (Å²) in [5.41, 5.74) is 5.01. The third-order valence-electron chi connectivity index (χ3n) is 3.27. The second kappa shape index (κ2) is 7.30. The maximum atomic E-state index is 2.17. The number of hydrogen-bond acceptors (Lipinski definition) is 0. The molecule has 0 N–H and O–H groups in total. The van der Waals surface area contributed by atoms with E-state index in [1.807, 2.05) is 12.1 Å². The van der Waals surface area contributed by atoms with E-state index in [1.54, 1.807) is 0 Å². The molecule has 0 bridgehead atoms. The summed E-state index contributed by atoms with van der Waals surface area (Å²) in [5, 5.41) is 0. The van der Waals surface area contributed by atoms with Crippen LogP contribution in [0.15, 0.2) is 84.0 Å². The van der Waals surface area contributed by atoms with Gasteiger partial charge in [-0.05, 0) is 36.1 Å². The van der Waals surface area contributed by atoms with E-state index in [0.29, 0.717) is 0 Å². The van der Waals surface area contributed by atoms with E-state index in [-0.39, 0.29) is 0 Å². The van der Waals surface area contributed by atoms with Crippen LogP contribution in [0.5, 0.6) is 0 Å². The maximum Gasteiger partial charge on any atom is -0.0257 e. The first-order valence-electron chi connectivity index (χ1n) is 6.89. The van der Waals surface area contributed by atoms with Crippen molar-refractivity contribution in [3.63, 3.8) is 0 Å². The zero-order chi connectivity index (χ0) is 14.2. The van der Waals surface area contributed by atoms with Gasteiger partial charge >= 0.3 is 0 Å². The molecule has 0 heteroatoms. The molecule has 0 radical (unpaired) electrons. The SMILES string of the molecule is CC(/C=C/c1ccccc1)=C(C)/C=C/c1ccccc1. The lowest BCUT2D eigenvalue weighted by atomic mass is 10.1. The number of allylic oxidation sites excluding steroid dienone is 4. The minimum absolute atomic E-state index is 1.23. The van der Waals surface area contributed by atoms with Crippen molar-refractivity contribution in [2.45, 2.75) is 13.8 Å². The predicted octanol–water partition coefficient (Wildman–Crippen LogP) is 5.75. The van der Waals surface area contributed by atoms with Crippen molar-refractivity contribution >= 4 is 12.2 Å². The topological polar surface area (TPSA) is 0 Å². The molecule has 0 aliphatic heterocycles. The lowest BCUT2D eigenvalue weighted by Gasteiger charge is -1.99. The monoisotopic (exact) mass is 260 g/mol. The Morgan fingerprint density at radius 3 is 1.30 bits per heavy atom. The first-order chi connectivity index (χ1) is 9.75. The van der Waals surface area contributed by atoms with Crippen molar-refractivity contribution in [3.05, 3.63) is 95.1 Å². The summed E-state index contributed by atoms with van der Waals surface area (Å²) in [6.07, 6.45) is 8.63. The fraction of sp³-hybridized carbons (Fsp3) is 0.100. The molecule has 0 unspecified atom stereocenters. The summed E-state index contributed by atoms with van der Waals surface area (Å²) in [6, 6.07) is 20.7. The Bertz CT molecular complexity index is 556. The van der Waals surface area contributed by atoms with E-state index in [4.69, 9.17) is 0 Å². The summed E-state index contributed by atoms with van der Waals surface area (Å²) in [4.78, 5) is 0. The summed E-state index contributed by atoms with van der Waals surface area (Å²) in [5.74, 6) is 0. The van der Waals surface area contributed by atoms with Crippen molar-refractivity contribution < 1.29 is 0 Å². The van der Waals surface area contributed by atoms with Crippen LogP contribution in [-0.2, 0) is 0 Å². The molecule has 0 aliphatic carbocycles. The van der Waals surface area contributed by atoms with Gasteiger partial charge in [0.1, 0.15) is 0 Å². The molecule has 0 nitrogen and oxygen atoms in total. The van der Waals surface area contributed by atoms with Gasteiger partial charge < -0.3 is 0 Å². The smallest absolute Gasteiger partial charge is 0.0257 e. The van der Waals surface area contributed by atoms with Gasteiger partial charge in [0.05, 0.1) is 0 Å². The maximum absolute atomic E-state index is 2.17. The van der Waals surface area contributed by atoms with Gasteiger partial charge in [0.25, 0.3) is 0 Å². The van der Waals surface area contributed by atoms with Crippen LogP contribution in [0, 0.1) is 0 Å². The van der Waals surface area contributed by atoms with Gasteiger partial charge in [-0.2, -0.15) is 0 Å². The van der Waals surface area contributed by atoms with Gasteiger partial charge in [0.15, 0.2) is 0 Å². The third-order valence-corrected chi connectivity index (χ3v) is 3.27. The molecule has 20 heavy (non-hydrogen) atoms. The molecular weight excluding hydrogens is 240 g/mol. The summed E-state index contributed by atoms with van der Waals surface area (Å²) >= 11 is 0. The largest absolute Gasteiger partial charge is 0.0622 e. The average molecular weight is 260 g/mol. The molecule has 0 heterocycles. The molecule has 2 rings (SSSR count). The lowest BCUT2D eigenvalue weighted by molar-refractivity contribution is 1.38. The molecule has 100 valence electrons. The fourth-order valence-electron chi connectivity index (χ4n) is 1.83. The Balaban J connectivity index is 2.08. The zero-order valence-corrected chi connectivity index (χ0v) is 12.1. The Hall–Kier alpha value is -2.34. The van der Waals surface area contributed by atoms with Crippen molar-refractivity contribution in [1.29, 1.82) is 0 Å². The minimum Gasteiger partial charge on any atom is -0.0622 e. The van der Waals surface area contributed by atoms with Crippen LogP contribution in [0.4, 0.5) is 0 Å². The molecular formula is C20H20. The normalized spacial score (nSPS) is 12.9. The van der Waals surface area contributed by atoms with Gasteiger partial charge in [-0.25, -0.2) is 0 Å². The molecule has 0 saturated heterocycles. The van der Waals surface area contributed by atoms with Crippen molar-refractivity contribution in [3.8, 4) is 0 Å². The average Bonchev–Trinajstić information content (AvgIpc) is 2.52. The van der Waals surface area contributed by atoms with E-state index in [9.17, 15) is 0 Å². The van der Waals surface area contributed by atoms with Crippen LogP contribution >= 0.6 is 0 Å². The van der Waals surface area contributed by atoms with Crippen LogP contribution in [0.1, 0.15) is 25.0 Å². The first kappa shape index (κ1) is 14.1. The number of benzene rings is 2. The summed E-state index contributed by atoms with van der Waals surface area (Å²) in [7, 11) is 0. The second-order valence-electron chi connectivity index (χ2n) is 4.85. The molecule has 2 aromatic carbocycles. The second-order valence-corrected chi connectivity index (χ2v) is 4.85. The lowest BCUT2D eigenvalue weighted by Crippen LogP contribution is -1.77. The van der Waals surface area contributed by atoms with E-state index in [1.165, 1.54) is 22.3 Å². The van der Waals surface area contributed by atoms with Gasteiger partial charge in [0.2, 0.25) is 0 Å². The Morgan fingerprint density at radius 2 is 0.950 bits per heavy atom. The Morgan fingerprint density at radius 1 is 0.600 bits per heavy atom. The van der Waals surface area contributed by atoms with Gasteiger partial charge in [-0.3, -0.25) is 0 Å². The van der Waals surface area contributed by atoms with Gasteiger partial charge in [-0.1, -0.05) is 85.0 Å². The highest BCUT2D eigenvalue weighted by Gasteiger charge is 1.90. The highest BCUT2D eigenvalue weighted by molar-refractivity contribution is 5.56. The van der Waals surface area contributed by atoms with Gasteiger partial charge in [0, 0.05) is 0 Å². The summed E-state index contributed by atoms with van der Waals surface area (Å²) in [6.45, 7) is 4.29. The van der Waals surface area contributed by atoms with Gasteiger partial charge in [-0.15, -0.1) is 0 Å². The molecule has 0 aromatic heterocycles. The molecule has 0 amide bonds. The molecule has 0 spiro atoms. The molecule has 0 aliphatic rings. The Kier molecular flexibility index (Phi) is 5.14. The van der Waals surface area contributed by atoms with E-state index in [2.05, 4.69) is 86.7 Å². The van der Waals surface area contributed by atoms with Crippen LogP contribution in [0.2, 0.25) is 0 Å². The summed E-state index contributed by atoms with van der Waals surface area (Å²) < 4.78 is 0. The van der Waals surface area contributed by atoms with E-state index in [0.717, 1.165) is 0 Å². The quantitative estimate of drug-likeness (QED) is 0.614. The van der Waals surface area contributed by atoms with Crippen LogP contribution in [0.25, 0.3) is 12.2 Å². The Labute approximate surface area is 121 Å². The van der Waals surface area contributed by atoms with Crippen molar-refractivity contribution in [2.24, 2.45) is 0 Å². The van der Waals surface area contributed by atoms with E-state index < -0.39 is 0 Å². The van der Waals surface area contributed by atoms with E-state index >= 15 is 0 Å². The molecule has 0 saturated carbocycles. The van der Waals surface area contributed by atoms with Crippen molar-refractivity contribution in [1.82, 2.24) is 0 Å². The molecule has 0 fully saturated rings. The predicted molar refractivity (Wildman–Crippen MR) is 89.3 cm³/mol. The van der Waals surface area contributed by atoms with Crippen LogP contribution in [-0.4, -0.2) is 0 Å². The standard InChI is InChI=1S/C20H20/c1-17(13-15-19-9-5-3-6-10-19)18(2)14-16-20-11-7-4-8-12-20/h3-16H,1-2H3/b15-13+,16-14+,18-17-. The van der Waals surface area contributed by atoms with Crippen LogP contribution < -0.4 is 0 Å². The molecule has 0 atom stereocenters. The number of rotatable bonds is 4. The highest BCUT2D eigenvalue weighted by Crippen LogP contribution is 2.12. The third kappa shape index (κ3) is 4.40. The zero-order valence-electron chi connectivity index (χ0n) is 12.1. The minimum atomic E-state index is 1.23. The number of hydrogen-bond donors (Lipinski definition) is 0. The molecule has 2 aromatic rings. The van der Waals surface area contributed by atoms with Crippen molar-refractivity contribution in [2.75, 3.05) is 0 Å². The fourth-order valence-corrected chi connectivity index (χ4v) is 1.83.